The number of carbonyl (C=O) groups is 2. The van der Waals surface area contributed by atoms with Gasteiger partial charge in [0, 0.05) is 25.9 Å². The van der Waals surface area contributed by atoms with Crippen molar-refractivity contribution in [2.24, 2.45) is 10.3 Å². The number of rotatable bonds is 0. The van der Waals surface area contributed by atoms with Gasteiger partial charge in [-0.05, 0) is 147 Å². The van der Waals surface area contributed by atoms with Crippen molar-refractivity contribution in [3.05, 3.63) is 101 Å². The van der Waals surface area contributed by atoms with Gasteiger partial charge in [-0.3, -0.25) is 9.59 Å². The van der Waals surface area contributed by atoms with E-state index in [1.54, 1.807) is 42.5 Å². The topological polar surface area (TPSA) is 182 Å². The van der Waals surface area contributed by atoms with E-state index in [1.807, 2.05) is 12.1 Å². The highest BCUT2D eigenvalue weighted by molar-refractivity contribution is 9.11. The predicted octanol–water partition coefficient (Wildman–Crippen LogP) is 7.51. The molecule has 0 saturated carbocycles. The van der Waals surface area contributed by atoms with Crippen LogP contribution in [0.3, 0.4) is 0 Å². The zero-order valence-corrected chi connectivity index (χ0v) is 32.2. The van der Waals surface area contributed by atoms with Gasteiger partial charge in [-0.2, -0.15) is 0 Å². The van der Waals surface area contributed by atoms with Gasteiger partial charge in [0.25, 0.3) is 11.8 Å². The lowest BCUT2D eigenvalue weighted by molar-refractivity contribution is -0.115. The van der Waals surface area contributed by atoms with Crippen molar-refractivity contribution in [2.45, 2.75) is 25.7 Å². The van der Waals surface area contributed by atoms with Crippen LogP contribution in [0.4, 0.5) is 0 Å². The monoisotopic (exact) mass is 936 g/mol. The van der Waals surface area contributed by atoms with Crippen LogP contribution in [0.2, 0.25) is 0 Å². The Morgan fingerprint density at radius 2 is 0.960 bits per heavy atom. The van der Waals surface area contributed by atoms with E-state index in [0.717, 1.165) is 11.1 Å². The number of ether oxygens (including phenoxy) is 2. The number of benzene rings is 4. The van der Waals surface area contributed by atoms with Gasteiger partial charge >= 0.3 is 0 Å². The molecule has 3 aliphatic rings. The summed E-state index contributed by atoms with van der Waals surface area (Å²) in [6, 6.07) is 16.8. The third kappa shape index (κ3) is 9.15. The van der Waals surface area contributed by atoms with Crippen LogP contribution >= 0.6 is 63.7 Å². The lowest BCUT2D eigenvalue weighted by Crippen LogP contribution is -2.33. The lowest BCUT2D eigenvalue weighted by Gasteiger charge is -2.15. The minimum atomic E-state index is -0.608. The van der Waals surface area contributed by atoms with Gasteiger partial charge < -0.3 is 40.7 Å². The maximum atomic E-state index is 13.0. The summed E-state index contributed by atoms with van der Waals surface area (Å²) in [7, 11) is 0. The summed E-state index contributed by atoms with van der Waals surface area (Å²) < 4.78 is 13.8. The molecule has 0 aliphatic carbocycles. The third-order valence-electron chi connectivity index (χ3n) is 7.52. The Hall–Kier alpha value is -4.12. The fourth-order valence-electron chi connectivity index (χ4n) is 4.97. The second kappa shape index (κ2) is 16.7. The van der Waals surface area contributed by atoms with Crippen molar-refractivity contribution < 1.29 is 39.7 Å². The minimum absolute atomic E-state index is 0.0145. The van der Waals surface area contributed by atoms with Crippen LogP contribution in [0.25, 0.3) is 0 Å². The maximum Gasteiger partial charge on any atom is 0.269 e. The summed E-state index contributed by atoms with van der Waals surface area (Å²) in [5.41, 5.74) is 2.46. The van der Waals surface area contributed by atoms with E-state index < -0.39 is 11.8 Å². The van der Waals surface area contributed by atoms with E-state index >= 15 is 0 Å². The summed E-state index contributed by atoms with van der Waals surface area (Å²) in [6.07, 6.45) is 0.733. The van der Waals surface area contributed by atoms with E-state index in [1.165, 1.54) is 6.07 Å². The number of phenols is 2. The van der Waals surface area contributed by atoms with Crippen LogP contribution < -0.4 is 20.1 Å². The molecule has 0 unspecified atom stereocenters. The summed E-state index contributed by atoms with van der Waals surface area (Å²) in [5.74, 6) is -0.458. The molecule has 0 atom stereocenters. The molecule has 3 heterocycles. The Morgan fingerprint density at radius 3 is 1.48 bits per heavy atom. The fourth-order valence-corrected chi connectivity index (χ4v) is 6.96. The van der Waals surface area contributed by atoms with Crippen molar-refractivity contribution in [1.82, 2.24) is 10.6 Å². The van der Waals surface area contributed by atoms with Crippen LogP contribution in [0.1, 0.15) is 22.3 Å². The third-order valence-corrected chi connectivity index (χ3v) is 9.96. The van der Waals surface area contributed by atoms with E-state index in [4.69, 9.17) is 9.47 Å². The molecule has 260 valence electrons. The second-order valence-corrected chi connectivity index (χ2v) is 14.5. The number of halogens is 4. The van der Waals surface area contributed by atoms with E-state index in [-0.39, 0.29) is 64.8 Å². The Morgan fingerprint density at radius 1 is 0.540 bits per heavy atom. The van der Waals surface area contributed by atoms with Crippen molar-refractivity contribution in [1.29, 1.82) is 0 Å². The average Bonchev–Trinajstić information content (AvgIpc) is 3.08. The number of hydrogen-bond donors (Lipinski definition) is 6. The van der Waals surface area contributed by atoms with Gasteiger partial charge in [0.1, 0.15) is 22.9 Å². The van der Waals surface area contributed by atoms with Crippen LogP contribution in [0, 0.1) is 0 Å². The molecule has 3 aliphatic heterocycles. The molecule has 6 N–H and O–H groups in total. The minimum Gasteiger partial charge on any atom is -0.503 e. The first-order valence-electron chi connectivity index (χ1n) is 14.9. The number of hydrogen-bond acceptors (Lipinski definition) is 10. The molecule has 16 heteroatoms. The molecule has 0 fully saturated rings. The number of oxime groups is 2. The van der Waals surface area contributed by atoms with Crippen molar-refractivity contribution in [2.75, 3.05) is 13.1 Å². The summed E-state index contributed by atoms with van der Waals surface area (Å²) >= 11 is 13.6. The van der Waals surface area contributed by atoms with Gasteiger partial charge in [0.05, 0.1) is 17.9 Å². The molecule has 50 heavy (non-hydrogen) atoms. The molecule has 0 spiro atoms. The molecule has 0 radical (unpaired) electrons. The smallest absolute Gasteiger partial charge is 0.269 e. The normalized spacial score (nSPS) is 16.2. The second-order valence-electron chi connectivity index (χ2n) is 11.0. The van der Waals surface area contributed by atoms with Gasteiger partial charge in [-0.1, -0.05) is 22.4 Å². The zero-order valence-electron chi connectivity index (χ0n) is 25.8. The van der Waals surface area contributed by atoms with E-state index in [9.17, 15) is 30.2 Å². The quantitative estimate of drug-likeness (QED) is 0.0774. The van der Waals surface area contributed by atoms with Crippen LogP contribution in [-0.2, 0) is 35.3 Å². The molecular weight excluding hydrogens is 912 g/mol. The molecule has 8 bridgehead atoms. The van der Waals surface area contributed by atoms with Gasteiger partial charge in [0.2, 0.25) is 0 Å². The Kier molecular flexibility index (Phi) is 12.4. The number of nitrogens with zero attached hydrogens (tertiary/aromatic N) is 2. The van der Waals surface area contributed by atoms with E-state index in [2.05, 4.69) is 84.7 Å². The number of phenolic OH excluding ortho intramolecular Hbond substituents is 2. The van der Waals surface area contributed by atoms with E-state index in [0.29, 0.717) is 48.9 Å². The molecule has 4 aromatic carbocycles. The number of fused-ring (bicyclic) bond motifs is 2. The molecule has 12 nitrogen and oxygen atoms in total. The predicted molar refractivity (Wildman–Crippen MR) is 199 cm³/mol. The van der Waals surface area contributed by atoms with Crippen LogP contribution in [0.5, 0.6) is 34.5 Å². The van der Waals surface area contributed by atoms with Crippen molar-refractivity contribution in [3.8, 4) is 34.5 Å². The Bertz CT molecular complexity index is 2020. The largest absolute Gasteiger partial charge is 0.503 e. The van der Waals surface area contributed by atoms with Gasteiger partial charge in [-0.25, -0.2) is 0 Å². The van der Waals surface area contributed by atoms with Crippen LogP contribution in [0.15, 0.2) is 88.9 Å². The number of amides is 2. The number of aromatic hydroxyl groups is 2. The molecule has 7 rings (SSSR count). The first-order chi connectivity index (χ1) is 23.9. The fraction of sp³-hybridized carbons (Fsp3) is 0.176. The molecule has 0 aromatic heterocycles. The highest BCUT2D eigenvalue weighted by Gasteiger charge is 2.20. The highest BCUT2D eigenvalue weighted by atomic mass is 79.9. The standard InChI is InChI=1S/C34H28Br4N4O8/c35-21-9-17-1-3-27(21)49-29-15-19(11-23(37)31(29)43)6-8-40-34(46)26(42-48)14-20-12-24(38)32(44)30(16-20)50-28-4-2-18(10-22(28)36)13-25(41-47)33(45)39-7-5-17/h1-4,9-12,15-16,43-44,47-48H,5-8,13-14H2,(H,39,45)(H,40,46)/b41-25+,42-26-. The summed E-state index contributed by atoms with van der Waals surface area (Å²) in [5, 5.41) is 52.7. The molecular formula is C34H28Br4N4O8. The summed E-state index contributed by atoms with van der Waals surface area (Å²) in [6.45, 7) is 0.434. The highest BCUT2D eigenvalue weighted by Crippen LogP contribution is 2.42. The Labute approximate surface area is 319 Å². The molecule has 4 aromatic rings. The lowest BCUT2D eigenvalue weighted by atomic mass is 10.1. The zero-order chi connectivity index (χ0) is 35.9. The average molecular weight is 940 g/mol. The maximum absolute atomic E-state index is 13.0. The molecule has 0 saturated heterocycles. The van der Waals surface area contributed by atoms with Crippen LogP contribution in [-0.4, -0.2) is 57.0 Å². The first kappa shape index (κ1) is 37.1. The summed E-state index contributed by atoms with van der Waals surface area (Å²) in [4.78, 5) is 25.9. The SMILES string of the molecule is O=C1NCCc2cc(Br)c(O)c(c2)Oc2ccc(cc2Br)CCNC(=O)/C(=N/O)Cc2ccc(c(Br)c2)Oc2cc(cc(Br)c2O)C/C1=N/O. The molecule has 2 amide bonds. The Balaban J connectivity index is 1.45. The number of nitrogens with one attached hydrogen (secondary N) is 2. The first-order valence-corrected chi connectivity index (χ1v) is 18.1. The van der Waals surface area contributed by atoms with Crippen molar-refractivity contribution >= 4 is 87.0 Å². The van der Waals surface area contributed by atoms with Gasteiger partial charge in [0.15, 0.2) is 23.0 Å². The van der Waals surface area contributed by atoms with Crippen molar-refractivity contribution in [3.63, 3.8) is 0 Å². The van der Waals surface area contributed by atoms with Gasteiger partial charge in [-0.15, -0.1) is 0 Å². The number of carbonyl (C=O) groups excluding carboxylic acids is 2.